The van der Waals surface area contributed by atoms with Crippen LogP contribution in [-0.4, -0.2) is 51.2 Å². The van der Waals surface area contributed by atoms with E-state index in [9.17, 15) is 14.9 Å². The summed E-state index contributed by atoms with van der Waals surface area (Å²) in [6.45, 7) is 4.69. The largest absolute Gasteiger partial charge is 0.337 e. The summed E-state index contributed by atoms with van der Waals surface area (Å²) in [4.78, 5) is 23.9. The molecule has 1 aromatic rings. The predicted molar refractivity (Wildman–Crippen MR) is 74.8 cm³/mol. The maximum atomic E-state index is 12.0. The van der Waals surface area contributed by atoms with E-state index >= 15 is 0 Å². The average molecular weight is 304 g/mol. The number of piperazine rings is 1. The van der Waals surface area contributed by atoms with Gasteiger partial charge in [0.05, 0.1) is 4.92 Å². The minimum Gasteiger partial charge on any atom is -0.337 e. The third kappa shape index (κ3) is 3.91. The van der Waals surface area contributed by atoms with Crippen LogP contribution in [0.25, 0.3) is 0 Å². The predicted octanol–water partition coefficient (Wildman–Crippen LogP) is 0.424. The Morgan fingerprint density at radius 2 is 2.40 bits per heavy atom. The van der Waals surface area contributed by atoms with Gasteiger partial charge >= 0.3 is 5.69 Å². The van der Waals surface area contributed by atoms with Gasteiger partial charge in [-0.05, 0) is 6.92 Å². The highest BCUT2D eigenvalue weighted by molar-refractivity contribution is 5.85. The number of carbonyl (C=O) groups excluding carboxylic acids is 1. The Morgan fingerprint density at radius 1 is 1.65 bits per heavy atom. The van der Waals surface area contributed by atoms with E-state index in [1.807, 2.05) is 11.8 Å². The van der Waals surface area contributed by atoms with Crippen molar-refractivity contribution in [3.05, 3.63) is 22.5 Å². The second kappa shape index (κ2) is 7.20. The molecule has 8 nitrogen and oxygen atoms in total. The Labute approximate surface area is 122 Å². The van der Waals surface area contributed by atoms with Crippen LogP contribution < -0.4 is 5.32 Å². The van der Waals surface area contributed by atoms with E-state index in [1.165, 1.54) is 17.1 Å². The fourth-order valence-electron chi connectivity index (χ4n) is 2.13. The number of halogens is 1. The minimum absolute atomic E-state index is 0. The van der Waals surface area contributed by atoms with E-state index in [0.717, 1.165) is 13.1 Å². The van der Waals surface area contributed by atoms with Crippen LogP contribution in [0.3, 0.4) is 0 Å². The molecule has 0 bridgehead atoms. The summed E-state index contributed by atoms with van der Waals surface area (Å²) in [6, 6.07) is 0.188. The van der Waals surface area contributed by atoms with E-state index in [4.69, 9.17) is 0 Å². The molecule has 1 unspecified atom stereocenters. The summed E-state index contributed by atoms with van der Waals surface area (Å²) in [7, 11) is 0. The molecule has 0 radical (unpaired) electrons. The number of rotatable bonds is 4. The highest BCUT2D eigenvalue weighted by Gasteiger charge is 2.22. The molecule has 0 aromatic carbocycles. The number of aromatic nitrogens is 2. The van der Waals surface area contributed by atoms with Crippen LogP contribution in [0.4, 0.5) is 5.69 Å². The van der Waals surface area contributed by atoms with Crippen molar-refractivity contribution < 1.29 is 9.72 Å². The number of hydrogen-bond donors (Lipinski definition) is 1. The summed E-state index contributed by atoms with van der Waals surface area (Å²) in [5.74, 6) is 0.0622. The molecular formula is C11H18ClN5O3. The van der Waals surface area contributed by atoms with Crippen molar-refractivity contribution in [2.45, 2.75) is 25.9 Å². The quantitative estimate of drug-likeness (QED) is 0.643. The van der Waals surface area contributed by atoms with Gasteiger partial charge in [-0.25, -0.2) is 0 Å². The lowest BCUT2D eigenvalue weighted by atomic mass is 10.2. The van der Waals surface area contributed by atoms with Gasteiger partial charge in [-0.3, -0.25) is 19.6 Å². The molecule has 1 saturated heterocycles. The zero-order valence-corrected chi connectivity index (χ0v) is 12.0. The van der Waals surface area contributed by atoms with Crippen molar-refractivity contribution in [2.75, 3.05) is 19.6 Å². The molecule has 2 rings (SSSR count). The zero-order valence-electron chi connectivity index (χ0n) is 11.2. The summed E-state index contributed by atoms with van der Waals surface area (Å²) >= 11 is 0. The molecule has 20 heavy (non-hydrogen) atoms. The second-order valence-corrected chi connectivity index (χ2v) is 4.61. The number of amides is 1. The van der Waals surface area contributed by atoms with Gasteiger partial charge in [0.25, 0.3) is 0 Å². The molecule has 112 valence electrons. The molecule has 1 atom stereocenters. The summed E-state index contributed by atoms with van der Waals surface area (Å²) in [6.07, 6.45) is 2.84. The first-order valence-electron chi connectivity index (χ1n) is 6.25. The van der Waals surface area contributed by atoms with Gasteiger partial charge < -0.3 is 10.2 Å². The molecule has 1 aliphatic heterocycles. The molecule has 1 fully saturated rings. The standard InChI is InChI=1S/C11H17N5O3.ClH/c1-9-6-12-3-5-15(9)11(17)2-4-14-8-10(7-13-14)16(18)19;/h7-9,12H,2-6H2,1H3;1H. The van der Waals surface area contributed by atoms with Gasteiger partial charge in [0.15, 0.2) is 0 Å². The van der Waals surface area contributed by atoms with Crippen LogP contribution in [0, 0.1) is 10.1 Å². The highest BCUT2D eigenvalue weighted by Crippen LogP contribution is 2.09. The first kappa shape index (κ1) is 16.4. The molecule has 0 saturated carbocycles. The Kier molecular flexibility index (Phi) is 5.90. The van der Waals surface area contributed by atoms with E-state index in [0.29, 0.717) is 19.5 Å². The van der Waals surface area contributed by atoms with Crippen LogP contribution in [0.1, 0.15) is 13.3 Å². The monoisotopic (exact) mass is 303 g/mol. The number of nitro groups is 1. The number of hydrogen-bond acceptors (Lipinski definition) is 5. The summed E-state index contributed by atoms with van der Waals surface area (Å²) in [5.41, 5.74) is -0.0528. The molecule has 0 aliphatic carbocycles. The SMILES string of the molecule is CC1CNCCN1C(=O)CCn1cc([N+](=O)[O-])cn1.Cl. The van der Waals surface area contributed by atoms with E-state index in [1.54, 1.807) is 0 Å². The molecule has 9 heteroatoms. The van der Waals surface area contributed by atoms with Crippen LogP contribution in [0.15, 0.2) is 12.4 Å². The smallest absolute Gasteiger partial charge is 0.306 e. The zero-order chi connectivity index (χ0) is 13.8. The van der Waals surface area contributed by atoms with Gasteiger partial charge in [-0.2, -0.15) is 5.10 Å². The average Bonchev–Trinajstić information content (AvgIpc) is 2.85. The molecule has 1 aliphatic rings. The minimum atomic E-state index is -0.496. The van der Waals surface area contributed by atoms with Gasteiger partial charge in [0, 0.05) is 38.6 Å². The molecular weight excluding hydrogens is 286 g/mol. The van der Waals surface area contributed by atoms with Crippen molar-refractivity contribution in [1.29, 1.82) is 0 Å². The molecule has 1 N–H and O–H groups in total. The van der Waals surface area contributed by atoms with Gasteiger partial charge in [0.2, 0.25) is 5.91 Å². The lowest BCUT2D eigenvalue weighted by Gasteiger charge is -2.34. The van der Waals surface area contributed by atoms with Crippen LogP contribution in [0.5, 0.6) is 0 Å². The Balaban J connectivity index is 0.00000200. The number of nitrogens with zero attached hydrogens (tertiary/aromatic N) is 4. The Bertz CT molecular complexity index is 478. The molecule has 1 amide bonds. The Morgan fingerprint density at radius 3 is 3.00 bits per heavy atom. The van der Waals surface area contributed by atoms with Gasteiger partial charge in [-0.1, -0.05) is 0 Å². The van der Waals surface area contributed by atoms with Crippen molar-refractivity contribution in [3.63, 3.8) is 0 Å². The van der Waals surface area contributed by atoms with Gasteiger partial charge in [0.1, 0.15) is 12.4 Å². The summed E-state index contributed by atoms with van der Waals surface area (Å²) in [5, 5.41) is 17.6. The van der Waals surface area contributed by atoms with Crippen molar-refractivity contribution in [3.8, 4) is 0 Å². The van der Waals surface area contributed by atoms with E-state index < -0.39 is 4.92 Å². The fraction of sp³-hybridized carbons (Fsp3) is 0.636. The maximum Gasteiger partial charge on any atom is 0.306 e. The third-order valence-electron chi connectivity index (χ3n) is 3.21. The lowest BCUT2D eigenvalue weighted by molar-refractivity contribution is -0.385. The van der Waals surface area contributed by atoms with Crippen LogP contribution in [0.2, 0.25) is 0 Å². The number of carbonyl (C=O) groups is 1. The first-order chi connectivity index (χ1) is 9.08. The topological polar surface area (TPSA) is 93.3 Å². The van der Waals surface area contributed by atoms with Gasteiger partial charge in [-0.15, -0.1) is 12.4 Å². The van der Waals surface area contributed by atoms with Crippen molar-refractivity contribution in [1.82, 2.24) is 20.0 Å². The van der Waals surface area contributed by atoms with Crippen LogP contribution in [-0.2, 0) is 11.3 Å². The number of nitrogens with one attached hydrogen (secondary N) is 1. The van der Waals surface area contributed by atoms with E-state index in [2.05, 4.69) is 10.4 Å². The summed E-state index contributed by atoms with van der Waals surface area (Å²) < 4.78 is 1.43. The second-order valence-electron chi connectivity index (χ2n) is 4.61. The van der Waals surface area contributed by atoms with Crippen molar-refractivity contribution in [2.24, 2.45) is 0 Å². The highest BCUT2D eigenvalue weighted by atomic mass is 35.5. The van der Waals surface area contributed by atoms with E-state index in [-0.39, 0.29) is 30.0 Å². The van der Waals surface area contributed by atoms with Crippen LogP contribution >= 0.6 is 12.4 Å². The fourth-order valence-corrected chi connectivity index (χ4v) is 2.13. The maximum absolute atomic E-state index is 12.0. The third-order valence-corrected chi connectivity index (χ3v) is 3.21. The Hall–Kier alpha value is -1.67. The first-order valence-corrected chi connectivity index (χ1v) is 6.25. The molecule has 1 aromatic heterocycles. The molecule has 2 heterocycles. The molecule has 0 spiro atoms. The number of aryl methyl sites for hydroxylation is 1. The van der Waals surface area contributed by atoms with Crippen molar-refractivity contribution >= 4 is 24.0 Å². The normalized spacial score (nSPS) is 18.4. The lowest BCUT2D eigenvalue weighted by Crippen LogP contribution is -2.52.